The van der Waals surface area contributed by atoms with Crippen LogP contribution < -0.4 is 5.32 Å². The first-order valence-corrected chi connectivity index (χ1v) is 11.7. The molecule has 3 amide bonds. The Hall–Kier alpha value is -3.77. The maximum Gasteiger partial charge on any atom is 0.261 e. The third kappa shape index (κ3) is 4.63. The molecule has 1 N–H and O–H groups in total. The first-order chi connectivity index (χ1) is 16.6. The summed E-state index contributed by atoms with van der Waals surface area (Å²) in [5, 5.41) is 3.15. The number of nitrogens with zero attached hydrogens (tertiary/aromatic N) is 2. The SMILES string of the molecule is O=C(NC1CCN(Cc2ccccc2)CC1)c1ccc(CN2C(=O)c3ccccc3C2=O)cc1. The van der Waals surface area contributed by atoms with E-state index in [9.17, 15) is 14.4 Å². The van der Waals surface area contributed by atoms with Crippen molar-refractivity contribution in [3.8, 4) is 0 Å². The molecule has 0 aliphatic carbocycles. The summed E-state index contributed by atoms with van der Waals surface area (Å²) in [5.41, 5.74) is 3.58. The van der Waals surface area contributed by atoms with E-state index in [-0.39, 0.29) is 30.3 Å². The van der Waals surface area contributed by atoms with Crippen molar-refractivity contribution < 1.29 is 14.4 Å². The van der Waals surface area contributed by atoms with Crippen LogP contribution in [0.3, 0.4) is 0 Å². The van der Waals surface area contributed by atoms with E-state index in [4.69, 9.17) is 0 Å². The smallest absolute Gasteiger partial charge is 0.261 e. The van der Waals surface area contributed by atoms with E-state index < -0.39 is 0 Å². The Morgan fingerprint density at radius 1 is 0.735 bits per heavy atom. The highest BCUT2D eigenvalue weighted by atomic mass is 16.2. The number of carbonyl (C=O) groups excluding carboxylic acids is 3. The number of imide groups is 1. The van der Waals surface area contributed by atoms with Crippen molar-refractivity contribution in [1.29, 1.82) is 0 Å². The molecule has 2 aliphatic rings. The van der Waals surface area contributed by atoms with Gasteiger partial charge in [0.15, 0.2) is 0 Å². The third-order valence-corrected chi connectivity index (χ3v) is 6.61. The topological polar surface area (TPSA) is 69.7 Å². The maximum atomic E-state index is 12.8. The lowest BCUT2D eigenvalue weighted by atomic mass is 10.0. The third-order valence-electron chi connectivity index (χ3n) is 6.61. The van der Waals surface area contributed by atoms with Gasteiger partial charge in [0.2, 0.25) is 0 Å². The number of amides is 3. The predicted molar refractivity (Wildman–Crippen MR) is 129 cm³/mol. The average Bonchev–Trinajstić information content (AvgIpc) is 3.11. The molecule has 34 heavy (non-hydrogen) atoms. The van der Waals surface area contributed by atoms with E-state index in [1.807, 2.05) is 6.07 Å². The van der Waals surface area contributed by atoms with Crippen molar-refractivity contribution in [3.05, 3.63) is 107 Å². The Morgan fingerprint density at radius 2 is 1.29 bits per heavy atom. The average molecular weight is 454 g/mol. The summed E-state index contributed by atoms with van der Waals surface area (Å²) < 4.78 is 0. The van der Waals surface area contributed by atoms with Gasteiger partial charge < -0.3 is 5.32 Å². The first-order valence-electron chi connectivity index (χ1n) is 11.7. The molecule has 0 unspecified atom stereocenters. The molecule has 3 aromatic rings. The van der Waals surface area contributed by atoms with Gasteiger partial charge >= 0.3 is 0 Å². The lowest BCUT2D eigenvalue weighted by Gasteiger charge is -2.32. The standard InChI is InChI=1S/C28H27N3O3/c32-26(29-23-14-16-30(17-15-23)18-20-6-2-1-3-7-20)22-12-10-21(11-13-22)19-31-27(33)24-8-4-5-9-25(24)28(31)34/h1-13,23H,14-19H2,(H,29,32). The molecular formula is C28H27N3O3. The Kier molecular flexibility index (Phi) is 6.23. The zero-order valence-corrected chi connectivity index (χ0v) is 18.9. The molecule has 172 valence electrons. The normalized spacial score (nSPS) is 16.5. The molecule has 2 aliphatic heterocycles. The minimum atomic E-state index is -0.277. The predicted octanol–water partition coefficient (Wildman–Crippen LogP) is 3.88. The highest BCUT2D eigenvalue weighted by Crippen LogP contribution is 2.24. The molecule has 2 heterocycles. The van der Waals surface area contributed by atoms with Gasteiger partial charge in [0.25, 0.3) is 17.7 Å². The number of hydrogen-bond acceptors (Lipinski definition) is 4. The van der Waals surface area contributed by atoms with Crippen molar-refractivity contribution in [2.75, 3.05) is 13.1 Å². The molecule has 1 fully saturated rings. The van der Waals surface area contributed by atoms with Crippen LogP contribution in [-0.2, 0) is 13.1 Å². The Morgan fingerprint density at radius 3 is 1.91 bits per heavy atom. The first kappa shape index (κ1) is 22.0. The maximum absolute atomic E-state index is 12.8. The largest absolute Gasteiger partial charge is 0.349 e. The van der Waals surface area contributed by atoms with Crippen LogP contribution in [0.15, 0.2) is 78.9 Å². The van der Waals surface area contributed by atoms with Gasteiger partial charge in [0, 0.05) is 31.2 Å². The molecule has 6 heteroatoms. The molecule has 1 saturated heterocycles. The van der Waals surface area contributed by atoms with Crippen LogP contribution >= 0.6 is 0 Å². The second-order valence-corrected chi connectivity index (χ2v) is 8.95. The fourth-order valence-electron chi connectivity index (χ4n) is 4.67. The summed E-state index contributed by atoms with van der Waals surface area (Å²) in [6.45, 7) is 3.04. The summed E-state index contributed by atoms with van der Waals surface area (Å²) in [5.74, 6) is -0.643. The second-order valence-electron chi connectivity index (χ2n) is 8.95. The molecule has 5 rings (SSSR count). The zero-order valence-electron chi connectivity index (χ0n) is 18.9. The number of hydrogen-bond donors (Lipinski definition) is 1. The van der Waals surface area contributed by atoms with Crippen LogP contribution in [-0.4, -0.2) is 46.7 Å². The minimum Gasteiger partial charge on any atom is -0.349 e. The fourth-order valence-corrected chi connectivity index (χ4v) is 4.67. The van der Waals surface area contributed by atoms with Crippen LogP contribution in [0.4, 0.5) is 0 Å². The van der Waals surface area contributed by atoms with Gasteiger partial charge in [-0.3, -0.25) is 24.2 Å². The summed E-state index contributed by atoms with van der Waals surface area (Å²) in [4.78, 5) is 41.6. The Bertz CT molecular complexity index is 1160. The van der Waals surface area contributed by atoms with Crippen molar-refractivity contribution in [1.82, 2.24) is 15.1 Å². The molecule has 0 atom stereocenters. The van der Waals surface area contributed by atoms with Gasteiger partial charge in [-0.2, -0.15) is 0 Å². The number of likely N-dealkylation sites (tertiary alicyclic amines) is 1. The quantitative estimate of drug-likeness (QED) is 0.575. The van der Waals surface area contributed by atoms with E-state index in [1.54, 1.807) is 48.5 Å². The van der Waals surface area contributed by atoms with Gasteiger partial charge in [-0.05, 0) is 48.2 Å². The highest BCUT2D eigenvalue weighted by molar-refractivity contribution is 6.21. The number of carbonyl (C=O) groups is 3. The van der Waals surface area contributed by atoms with Crippen LogP contribution in [0.5, 0.6) is 0 Å². The van der Waals surface area contributed by atoms with Crippen LogP contribution in [0, 0.1) is 0 Å². The van der Waals surface area contributed by atoms with Gasteiger partial charge in [-0.1, -0.05) is 54.6 Å². The van der Waals surface area contributed by atoms with E-state index >= 15 is 0 Å². The number of fused-ring (bicyclic) bond motifs is 1. The zero-order chi connectivity index (χ0) is 23.5. The monoisotopic (exact) mass is 453 g/mol. The Balaban J connectivity index is 1.13. The van der Waals surface area contributed by atoms with Gasteiger partial charge in [-0.15, -0.1) is 0 Å². The summed E-state index contributed by atoms with van der Waals surface area (Å²) >= 11 is 0. The summed E-state index contributed by atoms with van der Waals surface area (Å²) in [7, 11) is 0. The van der Waals surface area contributed by atoms with Crippen LogP contribution in [0.1, 0.15) is 55.0 Å². The number of benzene rings is 3. The van der Waals surface area contributed by atoms with E-state index in [2.05, 4.69) is 34.5 Å². The second kappa shape index (κ2) is 9.61. The molecule has 0 saturated carbocycles. The molecule has 3 aromatic carbocycles. The van der Waals surface area contributed by atoms with Crippen molar-refractivity contribution in [2.45, 2.75) is 32.0 Å². The molecule has 6 nitrogen and oxygen atoms in total. The van der Waals surface area contributed by atoms with Crippen LogP contribution in [0.25, 0.3) is 0 Å². The van der Waals surface area contributed by atoms with Crippen LogP contribution in [0.2, 0.25) is 0 Å². The van der Waals surface area contributed by atoms with Gasteiger partial charge in [0.05, 0.1) is 17.7 Å². The Labute approximate surface area is 199 Å². The number of nitrogens with one attached hydrogen (secondary N) is 1. The van der Waals surface area contributed by atoms with Gasteiger partial charge in [-0.25, -0.2) is 0 Å². The molecule has 0 bridgehead atoms. The van der Waals surface area contributed by atoms with Crippen molar-refractivity contribution in [3.63, 3.8) is 0 Å². The van der Waals surface area contributed by atoms with Gasteiger partial charge in [0.1, 0.15) is 0 Å². The highest BCUT2D eigenvalue weighted by Gasteiger charge is 2.34. The van der Waals surface area contributed by atoms with E-state index in [0.29, 0.717) is 16.7 Å². The molecule has 0 aromatic heterocycles. The lowest BCUT2D eigenvalue weighted by Crippen LogP contribution is -2.44. The summed E-state index contributed by atoms with van der Waals surface area (Å²) in [6.07, 6.45) is 1.85. The van der Waals surface area contributed by atoms with E-state index in [1.165, 1.54) is 10.5 Å². The van der Waals surface area contributed by atoms with E-state index in [0.717, 1.165) is 38.0 Å². The fraction of sp³-hybridized carbons (Fsp3) is 0.250. The van der Waals surface area contributed by atoms with Crippen molar-refractivity contribution >= 4 is 17.7 Å². The molecular weight excluding hydrogens is 426 g/mol. The number of piperidine rings is 1. The number of rotatable bonds is 6. The molecule has 0 spiro atoms. The lowest BCUT2D eigenvalue weighted by molar-refractivity contribution is 0.0641. The minimum absolute atomic E-state index is 0.0891. The molecule has 0 radical (unpaired) electrons. The summed E-state index contributed by atoms with van der Waals surface area (Å²) in [6, 6.07) is 24.6. The van der Waals surface area contributed by atoms with Crippen molar-refractivity contribution in [2.24, 2.45) is 0 Å².